The van der Waals surface area contributed by atoms with Crippen LogP contribution in [0.1, 0.15) is 30.0 Å². The number of hydrogen-bond donors (Lipinski definition) is 2. The predicted octanol–water partition coefficient (Wildman–Crippen LogP) is 2.13. The molecule has 15 heavy (non-hydrogen) atoms. The van der Waals surface area contributed by atoms with Gasteiger partial charge in [0.2, 0.25) is 0 Å². The lowest BCUT2D eigenvalue weighted by Crippen LogP contribution is -2.14. The van der Waals surface area contributed by atoms with Crippen molar-refractivity contribution in [2.45, 2.75) is 25.8 Å². The van der Waals surface area contributed by atoms with Crippen molar-refractivity contribution >= 4 is 0 Å². The van der Waals surface area contributed by atoms with Crippen LogP contribution in [0.25, 0.3) is 0 Å². The molecule has 0 aromatic heterocycles. The van der Waals surface area contributed by atoms with Crippen LogP contribution in [0.5, 0.6) is 11.5 Å². The summed E-state index contributed by atoms with van der Waals surface area (Å²) in [5.41, 5.74) is 2.11. The van der Waals surface area contributed by atoms with Crippen LogP contribution in [0.4, 0.5) is 0 Å². The van der Waals surface area contributed by atoms with Crippen LogP contribution in [0, 0.1) is 6.92 Å². The van der Waals surface area contributed by atoms with E-state index in [4.69, 9.17) is 4.74 Å². The molecule has 82 valence electrons. The van der Waals surface area contributed by atoms with Crippen LogP contribution in [-0.2, 0) is 0 Å². The van der Waals surface area contributed by atoms with Crippen molar-refractivity contribution in [3.05, 3.63) is 23.3 Å². The van der Waals surface area contributed by atoms with Crippen molar-refractivity contribution in [1.29, 1.82) is 0 Å². The molecular formula is C12H17NO2. The van der Waals surface area contributed by atoms with Gasteiger partial charge in [-0.05, 0) is 37.9 Å². The number of rotatable bonds is 2. The van der Waals surface area contributed by atoms with E-state index in [1.54, 1.807) is 7.11 Å². The third kappa shape index (κ3) is 1.79. The van der Waals surface area contributed by atoms with Crippen LogP contribution < -0.4 is 10.1 Å². The van der Waals surface area contributed by atoms with Crippen molar-refractivity contribution in [2.75, 3.05) is 13.7 Å². The molecule has 0 spiro atoms. The molecule has 0 saturated carbocycles. The predicted molar refractivity (Wildman–Crippen MR) is 59.4 cm³/mol. The summed E-state index contributed by atoms with van der Waals surface area (Å²) in [4.78, 5) is 0. The molecule has 1 atom stereocenters. The molecule has 0 radical (unpaired) electrons. The lowest BCUT2D eigenvalue weighted by Gasteiger charge is -2.17. The average molecular weight is 207 g/mol. The number of nitrogens with one attached hydrogen (secondary N) is 1. The highest BCUT2D eigenvalue weighted by molar-refractivity contribution is 5.51. The van der Waals surface area contributed by atoms with E-state index < -0.39 is 0 Å². The number of phenols is 1. The molecule has 3 heteroatoms. The Morgan fingerprint density at radius 2 is 2.27 bits per heavy atom. The normalized spacial score (nSPS) is 20.5. The third-order valence-corrected chi connectivity index (χ3v) is 3.03. The Hall–Kier alpha value is -1.22. The molecule has 0 bridgehead atoms. The van der Waals surface area contributed by atoms with Crippen molar-refractivity contribution < 1.29 is 9.84 Å². The van der Waals surface area contributed by atoms with Gasteiger partial charge in [0.05, 0.1) is 7.11 Å². The Kier molecular flexibility index (Phi) is 2.82. The molecule has 3 nitrogen and oxygen atoms in total. The number of phenolic OH excluding ortho intramolecular Hbond substituents is 1. The number of ether oxygens (including phenoxy) is 1. The van der Waals surface area contributed by atoms with E-state index in [0.29, 0.717) is 5.75 Å². The third-order valence-electron chi connectivity index (χ3n) is 3.03. The fourth-order valence-electron chi connectivity index (χ4n) is 2.22. The standard InChI is InChI=1S/C12H17NO2/c1-8-5-6-10(15-2)12(14)11(8)9-4-3-7-13-9/h5-6,9,13-14H,3-4,7H2,1-2H3/t9-/m0/s1. The van der Waals surface area contributed by atoms with Gasteiger partial charge in [-0.25, -0.2) is 0 Å². The van der Waals surface area contributed by atoms with Crippen LogP contribution >= 0.6 is 0 Å². The number of benzene rings is 1. The molecule has 2 N–H and O–H groups in total. The molecule has 0 amide bonds. The Balaban J connectivity index is 2.43. The lowest BCUT2D eigenvalue weighted by molar-refractivity contribution is 0.367. The second-order valence-corrected chi connectivity index (χ2v) is 4.00. The SMILES string of the molecule is COc1ccc(C)c([C@@H]2CCCN2)c1O. The van der Waals surface area contributed by atoms with E-state index in [9.17, 15) is 5.11 Å². The summed E-state index contributed by atoms with van der Waals surface area (Å²) in [6.07, 6.45) is 2.25. The minimum atomic E-state index is 0.278. The van der Waals surface area contributed by atoms with Crippen LogP contribution in [0.3, 0.4) is 0 Å². The molecular weight excluding hydrogens is 190 g/mol. The molecule has 1 saturated heterocycles. The summed E-state index contributed by atoms with van der Waals surface area (Å²) in [6.45, 7) is 3.05. The number of hydrogen-bond acceptors (Lipinski definition) is 3. The van der Waals surface area contributed by atoms with Gasteiger partial charge in [-0.2, -0.15) is 0 Å². The van der Waals surface area contributed by atoms with Crippen molar-refractivity contribution in [3.63, 3.8) is 0 Å². The summed E-state index contributed by atoms with van der Waals surface area (Å²) in [5.74, 6) is 0.848. The Bertz CT molecular complexity index is 357. The van der Waals surface area contributed by atoms with Gasteiger partial charge in [0, 0.05) is 11.6 Å². The zero-order valence-electron chi connectivity index (χ0n) is 9.21. The maximum absolute atomic E-state index is 10.1. The highest BCUT2D eigenvalue weighted by atomic mass is 16.5. The topological polar surface area (TPSA) is 41.5 Å². The van der Waals surface area contributed by atoms with Crippen LogP contribution in [0.15, 0.2) is 12.1 Å². The van der Waals surface area contributed by atoms with E-state index in [-0.39, 0.29) is 11.8 Å². The Labute approximate surface area is 90.1 Å². The molecule has 1 aromatic rings. The van der Waals surface area contributed by atoms with Gasteiger partial charge < -0.3 is 15.2 Å². The summed E-state index contributed by atoms with van der Waals surface area (Å²) >= 11 is 0. The van der Waals surface area contributed by atoms with Crippen LogP contribution in [-0.4, -0.2) is 18.8 Å². The van der Waals surface area contributed by atoms with Gasteiger partial charge in [-0.1, -0.05) is 6.07 Å². The lowest BCUT2D eigenvalue weighted by atomic mass is 9.98. The quantitative estimate of drug-likeness (QED) is 0.780. The number of aromatic hydroxyl groups is 1. The van der Waals surface area contributed by atoms with Crippen molar-refractivity contribution in [2.24, 2.45) is 0 Å². The van der Waals surface area contributed by atoms with Gasteiger partial charge in [0.15, 0.2) is 11.5 Å². The van der Waals surface area contributed by atoms with Gasteiger partial charge >= 0.3 is 0 Å². The Morgan fingerprint density at radius 3 is 2.87 bits per heavy atom. The molecule has 1 aliphatic rings. The second kappa shape index (κ2) is 4.11. The van der Waals surface area contributed by atoms with Gasteiger partial charge in [-0.15, -0.1) is 0 Å². The molecule has 1 aliphatic heterocycles. The van der Waals surface area contributed by atoms with E-state index >= 15 is 0 Å². The summed E-state index contributed by atoms with van der Waals surface area (Å²) < 4.78 is 5.12. The monoisotopic (exact) mass is 207 g/mol. The maximum Gasteiger partial charge on any atom is 0.162 e. The minimum Gasteiger partial charge on any atom is -0.504 e. The zero-order valence-corrected chi connectivity index (χ0v) is 9.21. The van der Waals surface area contributed by atoms with E-state index in [2.05, 4.69) is 5.32 Å². The first-order valence-electron chi connectivity index (χ1n) is 5.34. The first kappa shape index (κ1) is 10.3. The molecule has 0 aliphatic carbocycles. The van der Waals surface area contributed by atoms with Crippen LogP contribution in [0.2, 0.25) is 0 Å². The molecule has 0 unspecified atom stereocenters. The van der Waals surface area contributed by atoms with E-state index in [1.807, 2.05) is 19.1 Å². The van der Waals surface area contributed by atoms with Gasteiger partial charge in [0.1, 0.15) is 0 Å². The number of aryl methyl sites for hydroxylation is 1. The molecule has 2 rings (SSSR count). The fourth-order valence-corrected chi connectivity index (χ4v) is 2.22. The smallest absolute Gasteiger partial charge is 0.162 e. The Morgan fingerprint density at radius 1 is 1.47 bits per heavy atom. The largest absolute Gasteiger partial charge is 0.504 e. The van der Waals surface area contributed by atoms with E-state index in [0.717, 1.165) is 24.1 Å². The molecule has 1 heterocycles. The second-order valence-electron chi connectivity index (χ2n) is 4.00. The zero-order chi connectivity index (χ0) is 10.8. The maximum atomic E-state index is 10.1. The highest BCUT2D eigenvalue weighted by Gasteiger charge is 2.22. The summed E-state index contributed by atoms with van der Waals surface area (Å²) in [6, 6.07) is 4.08. The van der Waals surface area contributed by atoms with E-state index in [1.165, 1.54) is 6.42 Å². The highest BCUT2D eigenvalue weighted by Crippen LogP contribution is 2.38. The van der Waals surface area contributed by atoms with Crippen molar-refractivity contribution in [3.8, 4) is 11.5 Å². The first-order chi connectivity index (χ1) is 7.24. The summed E-state index contributed by atoms with van der Waals surface area (Å²) in [5, 5.41) is 13.5. The van der Waals surface area contributed by atoms with Gasteiger partial charge in [-0.3, -0.25) is 0 Å². The molecule has 1 aromatic carbocycles. The minimum absolute atomic E-state index is 0.278. The average Bonchev–Trinajstić information content (AvgIpc) is 2.71. The number of methoxy groups -OCH3 is 1. The summed E-state index contributed by atoms with van der Waals surface area (Å²) in [7, 11) is 1.58. The van der Waals surface area contributed by atoms with Crippen molar-refractivity contribution in [1.82, 2.24) is 5.32 Å². The fraction of sp³-hybridized carbons (Fsp3) is 0.500. The van der Waals surface area contributed by atoms with Gasteiger partial charge in [0.25, 0.3) is 0 Å². The molecule has 1 fully saturated rings. The first-order valence-corrected chi connectivity index (χ1v) is 5.34.